The van der Waals surface area contributed by atoms with Gasteiger partial charge in [-0.05, 0) is 42.9 Å². The zero-order valence-corrected chi connectivity index (χ0v) is 16.6. The molecule has 1 saturated heterocycles. The maximum absolute atomic E-state index is 12.5. The molecule has 8 heteroatoms. The Bertz CT molecular complexity index is 1010. The van der Waals surface area contributed by atoms with Crippen LogP contribution >= 0.6 is 0 Å². The number of nitrogens with one attached hydrogen (secondary N) is 1. The Morgan fingerprint density at radius 2 is 2.04 bits per heavy atom. The summed E-state index contributed by atoms with van der Waals surface area (Å²) in [6.07, 6.45) is 0.749. The highest BCUT2D eigenvalue weighted by Crippen LogP contribution is 2.38. The maximum Gasteiger partial charge on any atom is 0.329 e. The second kappa shape index (κ2) is 7.02. The van der Waals surface area contributed by atoms with Gasteiger partial charge in [0.1, 0.15) is 0 Å². The van der Waals surface area contributed by atoms with Crippen LogP contribution in [0.15, 0.2) is 21.7 Å². The number of fused-ring (bicyclic) bond motifs is 1. The molecule has 1 saturated carbocycles. The van der Waals surface area contributed by atoms with Crippen LogP contribution in [0.4, 0.5) is 5.69 Å². The first-order valence-electron chi connectivity index (χ1n) is 9.86. The van der Waals surface area contributed by atoms with Crippen molar-refractivity contribution >= 4 is 16.6 Å². The Morgan fingerprint density at radius 1 is 1.32 bits per heavy atom. The molecule has 1 aliphatic carbocycles. The van der Waals surface area contributed by atoms with Crippen molar-refractivity contribution in [2.24, 2.45) is 23.3 Å². The number of H-pyrrole nitrogens is 1. The fourth-order valence-corrected chi connectivity index (χ4v) is 4.73. The van der Waals surface area contributed by atoms with Crippen molar-refractivity contribution in [1.29, 1.82) is 0 Å². The summed E-state index contributed by atoms with van der Waals surface area (Å²) in [5.74, 6) is 0.756. The summed E-state index contributed by atoms with van der Waals surface area (Å²) in [5, 5.41) is 0.528. The molecular weight excluding hydrogens is 358 g/mol. The van der Waals surface area contributed by atoms with Crippen molar-refractivity contribution in [3.05, 3.63) is 38.5 Å². The average molecular weight is 387 g/mol. The molecule has 0 spiro atoms. The SMILES string of the molecule is COC[C@H](N)[C@H]1CN(c2ccc3c(=O)[nH]c(=O)n(C4CC4N)c3c2C)C[C@H]1C. The summed E-state index contributed by atoms with van der Waals surface area (Å²) >= 11 is 0. The van der Waals surface area contributed by atoms with E-state index in [0.717, 1.165) is 30.8 Å². The number of anilines is 1. The lowest BCUT2D eigenvalue weighted by atomic mass is 9.91. The van der Waals surface area contributed by atoms with Crippen molar-refractivity contribution in [3.63, 3.8) is 0 Å². The fourth-order valence-electron chi connectivity index (χ4n) is 4.73. The molecule has 152 valence electrons. The van der Waals surface area contributed by atoms with E-state index in [9.17, 15) is 9.59 Å². The molecule has 1 aromatic carbocycles. The van der Waals surface area contributed by atoms with E-state index in [0.29, 0.717) is 29.3 Å². The zero-order chi connectivity index (χ0) is 20.2. The summed E-state index contributed by atoms with van der Waals surface area (Å²) < 4.78 is 6.91. The maximum atomic E-state index is 12.5. The van der Waals surface area contributed by atoms with Crippen LogP contribution in [0.3, 0.4) is 0 Å². The van der Waals surface area contributed by atoms with E-state index in [1.807, 2.05) is 19.1 Å². The van der Waals surface area contributed by atoms with Crippen LogP contribution < -0.4 is 27.6 Å². The lowest BCUT2D eigenvalue weighted by Gasteiger charge is -2.24. The molecule has 2 aromatic rings. The molecule has 0 amide bonds. The van der Waals surface area contributed by atoms with Crippen LogP contribution in [-0.2, 0) is 4.74 Å². The van der Waals surface area contributed by atoms with Crippen molar-refractivity contribution in [2.45, 2.75) is 38.4 Å². The number of aryl methyl sites for hydroxylation is 1. The summed E-state index contributed by atoms with van der Waals surface area (Å²) in [6.45, 7) is 6.43. The van der Waals surface area contributed by atoms with Crippen molar-refractivity contribution in [2.75, 3.05) is 31.7 Å². The van der Waals surface area contributed by atoms with Crippen LogP contribution in [0, 0.1) is 18.8 Å². The van der Waals surface area contributed by atoms with E-state index in [4.69, 9.17) is 16.2 Å². The molecule has 28 heavy (non-hydrogen) atoms. The van der Waals surface area contributed by atoms with Crippen LogP contribution in [0.2, 0.25) is 0 Å². The second-order valence-corrected chi connectivity index (χ2v) is 8.37. The second-order valence-electron chi connectivity index (χ2n) is 8.37. The predicted octanol–water partition coefficient (Wildman–Crippen LogP) is 0.316. The van der Waals surface area contributed by atoms with Crippen molar-refractivity contribution < 1.29 is 4.74 Å². The van der Waals surface area contributed by atoms with Gasteiger partial charge in [-0.3, -0.25) is 14.3 Å². The highest BCUT2D eigenvalue weighted by Gasteiger charge is 2.38. The first-order valence-corrected chi connectivity index (χ1v) is 9.86. The molecule has 1 aromatic heterocycles. The van der Waals surface area contributed by atoms with Gasteiger partial charge in [-0.25, -0.2) is 4.79 Å². The van der Waals surface area contributed by atoms with Crippen LogP contribution in [0.5, 0.6) is 0 Å². The van der Waals surface area contributed by atoms with Gasteiger partial charge in [-0.1, -0.05) is 6.92 Å². The summed E-state index contributed by atoms with van der Waals surface area (Å²) in [4.78, 5) is 29.7. The summed E-state index contributed by atoms with van der Waals surface area (Å²) in [6, 6.07) is 3.68. The van der Waals surface area contributed by atoms with Crippen LogP contribution in [0.1, 0.15) is 24.9 Å². The van der Waals surface area contributed by atoms with Gasteiger partial charge in [0.05, 0.1) is 23.6 Å². The first-order chi connectivity index (χ1) is 13.3. The molecule has 4 rings (SSSR count). The number of hydrogen-bond donors (Lipinski definition) is 3. The Labute approximate surface area is 163 Å². The largest absolute Gasteiger partial charge is 0.383 e. The number of nitrogens with two attached hydrogens (primary N) is 2. The number of ether oxygens (including phenoxy) is 1. The van der Waals surface area contributed by atoms with E-state index in [-0.39, 0.29) is 29.4 Å². The number of nitrogens with zero attached hydrogens (tertiary/aromatic N) is 2. The highest BCUT2D eigenvalue weighted by molar-refractivity contribution is 5.87. The quantitative estimate of drug-likeness (QED) is 0.680. The molecule has 2 unspecified atom stereocenters. The van der Waals surface area contributed by atoms with E-state index in [1.165, 1.54) is 0 Å². The number of benzene rings is 1. The smallest absolute Gasteiger partial charge is 0.329 e. The molecule has 0 radical (unpaired) electrons. The van der Waals surface area contributed by atoms with Gasteiger partial charge < -0.3 is 21.1 Å². The topological polar surface area (TPSA) is 119 Å². The molecule has 2 heterocycles. The van der Waals surface area contributed by atoms with Gasteiger partial charge in [0, 0.05) is 38.0 Å². The minimum Gasteiger partial charge on any atom is -0.383 e. The van der Waals surface area contributed by atoms with E-state index in [1.54, 1.807) is 11.7 Å². The van der Waals surface area contributed by atoms with Gasteiger partial charge in [0.2, 0.25) is 0 Å². The number of methoxy groups -OCH3 is 1. The van der Waals surface area contributed by atoms with Gasteiger partial charge in [0.25, 0.3) is 5.56 Å². The highest BCUT2D eigenvalue weighted by atomic mass is 16.5. The molecule has 2 fully saturated rings. The normalized spacial score (nSPS) is 28.1. The Morgan fingerprint density at radius 3 is 2.68 bits per heavy atom. The minimum atomic E-state index is -0.384. The zero-order valence-electron chi connectivity index (χ0n) is 16.6. The van der Waals surface area contributed by atoms with Gasteiger partial charge in [-0.15, -0.1) is 0 Å². The first kappa shape index (κ1) is 19.2. The van der Waals surface area contributed by atoms with E-state index < -0.39 is 0 Å². The lowest BCUT2D eigenvalue weighted by molar-refractivity contribution is 0.152. The third-order valence-electron chi connectivity index (χ3n) is 6.38. The number of rotatable bonds is 5. The Hall–Kier alpha value is -2.16. The summed E-state index contributed by atoms with van der Waals surface area (Å²) in [5.41, 5.74) is 14.3. The predicted molar refractivity (Wildman–Crippen MR) is 110 cm³/mol. The molecule has 8 nitrogen and oxygen atoms in total. The molecule has 1 aliphatic heterocycles. The molecule has 5 N–H and O–H groups in total. The Kier molecular flexibility index (Phi) is 4.81. The third-order valence-corrected chi connectivity index (χ3v) is 6.38. The van der Waals surface area contributed by atoms with E-state index >= 15 is 0 Å². The number of aromatic amines is 1. The minimum absolute atomic E-state index is 0.0174. The van der Waals surface area contributed by atoms with Crippen molar-refractivity contribution in [3.8, 4) is 0 Å². The number of hydrogen-bond acceptors (Lipinski definition) is 6. The average Bonchev–Trinajstić information content (AvgIpc) is 3.21. The van der Waals surface area contributed by atoms with Gasteiger partial charge in [-0.2, -0.15) is 0 Å². The Balaban J connectivity index is 1.79. The fraction of sp³-hybridized carbons (Fsp3) is 0.600. The third kappa shape index (κ3) is 3.05. The van der Waals surface area contributed by atoms with Crippen LogP contribution in [-0.4, -0.2) is 48.4 Å². The number of aromatic nitrogens is 2. The monoisotopic (exact) mass is 387 g/mol. The molecule has 0 bridgehead atoms. The standard InChI is InChI=1S/C20H29N5O3/c1-10-7-24(8-13(10)15(22)9-28-3)16-5-4-12-18(11(16)2)25(17-6-14(17)21)20(27)23-19(12)26/h4-5,10,13-15,17H,6-9,21-22H2,1-3H3,(H,23,26,27)/t10-,13+,14?,15+,17?/m1/s1. The van der Waals surface area contributed by atoms with E-state index in [2.05, 4.69) is 16.8 Å². The molecule has 2 aliphatic rings. The molecule has 5 atom stereocenters. The van der Waals surface area contributed by atoms with Crippen molar-refractivity contribution in [1.82, 2.24) is 9.55 Å². The molecular formula is C20H29N5O3. The lowest BCUT2D eigenvalue weighted by Crippen LogP contribution is -2.38. The van der Waals surface area contributed by atoms with Gasteiger partial charge >= 0.3 is 5.69 Å². The van der Waals surface area contributed by atoms with Crippen LogP contribution in [0.25, 0.3) is 10.9 Å². The summed E-state index contributed by atoms with van der Waals surface area (Å²) in [7, 11) is 1.67. The van der Waals surface area contributed by atoms with Gasteiger partial charge in [0.15, 0.2) is 0 Å².